The molecule has 1 aromatic rings. The predicted molar refractivity (Wildman–Crippen MR) is 77.7 cm³/mol. The van der Waals surface area contributed by atoms with Gasteiger partial charge in [-0.2, -0.15) is 5.10 Å². The van der Waals surface area contributed by atoms with Crippen molar-refractivity contribution >= 4 is 15.7 Å². The topological polar surface area (TPSA) is 98.3 Å². The lowest BCUT2D eigenvalue weighted by atomic mass is 10.1. The fourth-order valence-electron chi connectivity index (χ4n) is 2.43. The molecule has 2 N–H and O–H groups in total. The highest BCUT2D eigenvalue weighted by atomic mass is 32.2. The molecular formula is C13H18N4O3S. The third kappa shape index (κ3) is 3.43. The molecule has 1 aliphatic rings. The molecular weight excluding hydrogens is 292 g/mol. The van der Waals surface area contributed by atoms with Crippen molar-refractivity contribution in [2.24, 2.45) is 12.8 Å². The van der Waals surface area contributed by atoms with Crippen LogP contribution >= 0.6 is 0 Å². The van der Waals surface area contributed by atoms with E-state index in [-0.39, 0.29) is 24.0 Å². The number of aromatic nitrogens is 2. The van der Waals surface area contributed by atoms with Crippen LogP contribution in [0, 0.1) is 12.3 Å². The SMILES string of the molecule is C#CCN(C(=O)C(N)c1cnn(C)c1)C1CCS(=O)(=O)C1. The van der Waals surface area contributed by atoms with E-state index in [4.69, 9.17) is 12.2 Å². The van der Waals surface area contributed by atoms with E-state index < -0.39 is 21.9 Å². The van der Waals surface area contributed by atoms with Gasteiger partial charge in [-0.1, -0.05) is 5.92 Å². The Bertz CT molecular complexity index is 674. The summed E-state index contributed by atoms with van der Waals surface area (Å²) in [6, 6.07) is -1.29. The Morgan fingerprint density at radius 2 is 2.43 bits per heavy atom. The molecule has 1 aliphatic heterocycles. The Hall–Kier alpha value is -1.85. The summed E-state index contributed by atoms with van der Waals surface area (Å²) in [5.41, 5.74) is 6.53. The van der Waals surface area contributed by atoms with Crippen LogP contribution in [0.1, 0.15) is 18.0 Å². The molecule has 2 heterocycles. The number of carbonyl (C=O) groups is 1. The first-order valence-corrected chi connectivity index (χ1v) is 8.34. The zero-order valence-corrected chi connectivity index (χ0v) is 12.6. The molecule has 1 fully saturated rings. The summed E-state index contributed by atoms with van der Waals surface area (Å²) in [4.78, 5) is 13.9. The van der Waals surface area contributed by atoms with E-state index in [2.05, 4.69) is 11.0 Å². The Morgan fingerprint density at radius 3 is 2.90 bits per heavy atom. The third-order valence-electron chi connectivity index (χ3n) is 3.54. The molecule has 1 aromatic heterocycles. The van der Waals surface area contributed by atoms with E-state index in [0.29, 0.717) is 12.0 Å². The zero-order valence-electron chi connectivity index (χ0n) is 11.8. The molecule has 1 saturated heterocycles. The second kappa shape index (κ2) is 5.87. The molecule has 0 bridgehead atoms. The molecule has 2 rings (SSSR count). The molecule has 2 atom stereocenters. The summed E-state index contributed by atoms with van der Waals surface area (Å²) in [5.74, 6) is 2.05. The van der Waals surface area contributed by atoms with Gasteiger partial charge < -0.3 is 10.6 Å². The maximum Gasteiger partial charge on any atom is 0.245 e. The second-order valence-corrected chi connectivity index (χ2v) is 7.38. The monoisotopic (exact) mass is 310 g/mol. The van der Waals surface area contributed by atoms with Gasteiger partial charge >= 0.3 is 0 Å². The van der Waals surface area contributed by atoms with Crippen LogP contribution in [0.25, 0.3) is 0 Å². The van der Waals surface area contributed by atoms with Crippen molar-refractivity contribution in [3.05, 3.63) is 18.0 Å². The number of hydrogen-bond donors (Lipinski definition) is 1. The lowest BCUT2D eigenvalue weighted by molar-refractivity contribution is -0.133. The molecule has 8 heteroatoms. The largest absolute Gasteiger partial charge is 0.326 e. The number of nitrogens with two attached hydrogens (primary N) is 1. The van der Waals surface area contributed by atoms with Crippen molar-refractivity contribution < 1.29 is 13.2 Å². The van der Waals surface area contributed by atoms with Crippen LogP contribution < -0.4 is 5.73 Å². The first-order valence-electron chi connectivity index (χ1n) is 6.52. The number of terminal acetylenes is 1. The van der Waals surface area contributed by atoms with Gasteiger partial charge in [0.2, 0.25) is 5.91 Å². The van der Waals surface area contributed by atoms with Crippen molar-refractivity contribution in [3.8, 4) is 12.3 Å². The summed E-state index contributed by atoms with van der Waals surface area (Å²) in [6.45, 7) is 0.0486. The maximum atomic E-state index is 12.5. The quantitative estimate of drug-likeness (QED) is 0.724. The van der Waals surface area contributed by atoms with Gasteiger partial charge in [0.1, 0.15) is 6.04 Å². The Kier molecular flexibility index (Phi) is 4.34. The minimum Gasteiger partial charge on any atom is -0.326 e. The van der Waals surface area contributed by atoms with Gasteiger partial charge in [-0.05, 0) is 6.42 Å². The minimum atomic E-state index is -3.10. The smallest absolute Gasteiger partial charge is 0.245 e. The number of amides is 1. The van der Waals surface area contributed by atoms with Crippen molar-refractivity contribution in [1.82, 2.24) is 14.7 Å². The van der Waals surface area contributed by atoms with Crippen LogP contribution in [0.15, 0.2) is 12.4 Å². The van der Waals surface area contributed by atoms with E-state index in [9.17, 15) is 13.2 Å². The Morgan fingerprint density at radius 1 is 1.71 bits per heavy atom. The van der Waals surface area contributed by atoms with Crippen LogP contribution in [-0.2, 0) is 21.7 Å². The molecule has 0 aliphatic carbocycles. The van der Waals surface area contributed by atoms with Gasteiger partial charge in [0.15, 0.2) is 9.84 Å². The van der Waals surface area contributed by atoms with Crippen LogP contribution in [0.5, 0.6) is 0 Å². The highest BCUT2D eigenvalue weighted by Crippen LogP contribution is 2.21. The van der Waals surface area contributed by atoms with Crippen LogP contribution in [-0.4, -0.2) is 53.1 Å². The van der Waals surface area contributed by atoms with Crippen molar-refractivity contribution in [2.45, 2.75) is 18.5 Å². The van der Waals surface area contributed by atoms with E-state index >= 15 is 0 Å². The Balaban J connectivity index is 2.18. The minimum absolute atomic E-state index is 0.0486. The lowest BCUT2D eigenvalue weighted by Crippen LogP contribution is -2.45. The van der Waals surface area contributed by atoms with Crippen molar-refractivity contribution in [3.63, 3.8) is 0 Å². The molecule has 1 amide bonds. The zero-order chi connectivity index (χ0) is 15.6. The number of sulfone groups is 1. The van der Waals surface area contributed by atoms with Gasteiger partial charge in [-0.3, -0.25) is 9.48 Å². The third-order valence-corrected chi connectivity index (χ3v) is 5.29. The van der Waals surface area contributed by atoms with Crippen molar-refractivity contribution in [2.75, 3.05) is 18.1 Å². The molecule has 0 radical (unpaired) electrons. The highest BCUT2D eigenvalue weighted by molar-refractivity contribution is 7.91. The highest BCUT2D eigenvalue weighted by Gasteiger charge is 2.36. The number of carbonyl (C=O) groups excluding carboxylic acids is 1. The fourth-order valence-corrected chi connectivity index (χ4v) is 4.16. The van der Waals surface area contributed by atoms with Gasteiger partial charge in [0.05, 0.1) is 24.2 Å². The van der Waals surface area contributed by atoms with Gasteiger partial charge in [0.25, 0.3) is 0 Å². The maximum absolute atomic E-state index is 12.5. The van der Waals surface area contributed by atoms with E-state index in [1.165, 1.54) is 11.1 Å². The van der Waals surface area contributed by atoms with Gasteiger partial charge in [0, 0.05) is 24.8 Å². The first-order chi connectivity index (χ1) is 9.84. The number of hydrogen-bond acceptors (Lipinski definition) is 5. The van der Waals surface area contributed by atoms with E-state index in [1.807, 2.05) is 0 Å². The lowest BCUT2D eigenvalue weighted by Gasteiger charge is -2.28. The van der Waals surface area contributed by atoms with Gasteiger partial charge in [-0.15, -0.1) is 6.42 Å². The average molecular weight is 310 g/mol. The van der Waals surface area contributed by atoms with Crippen LogP contribution in [0.3, 0.4) is 0 Å². The number of aryl methyl sites for hydroxylation is 1. The molecule has 7 nitrogen and oxygen atoms in total. The predicted octanol–water partition coefficient (Wildman–Crippen LogP) is -0.931. The Labute approximate surface area is 124 Å². The standard InChI is InChI=1S/C13H18N4O3S/c1-3-5-17(11-4-6-21(19,20)9-11)13(18)12(14)10-7-15-16(2)8-10/h1,7-8,11-12H,4-6,9,14H2,2H3. The summed E-state index contributed by atoms with van der Waals surface area (Å²) >= 11 is 0. The van der Waals surface area contributed by atoms with E-state index in [1.54, 1.807) is 17.9 Å². The number of nitrogens with zero attached hydrogens (tertiary/aromatic N) is 3. The molecule has 2 unspecified atom stereocenters. The summed E-state index contributed by atoms with van der Waals surface area (Å²) in [7, 11) is -1.37. The molecule has 0 spiro atoms. The molecule has 0 aromatic carbocycles. The molecule has 21 heavy (non-hydrogen) atoms. The number of rotatable bonds is 4. The van der Waals surface area contributed by atoms with Gasteiger partial charge in [-0.25, -0.2) is 8.42 Å². The summed E-state index contributed by atoms with van der Waals surface area (Å²) < 4.78 is 24.7. The summed E-state index contributed by atoms with van der Waals surface area (Å²) in [6.07, 6.45) is 8.86. The molecule has 0 saturated carbocycles. The van der Waals surface area contributed by atoms with Crippen molar-refractivity contribution in [1.29, 1.82) is 0 Å². The van der Waals surface area contributed by atoms with E-state index in [0.717, 1.165) is 0 Å². The fraction of sp³-hybridized carbons (Fsp3) is 0.538. The van der Waals surface area contributed by atoms with Crippen LogP contribution in [0.2, 0.25) is 0 Å². The average Bonchev–Trinajstić information content (AvgIpc) is 3.00. The first kappa shape index (κ1) is 15.5. The summed E-state index contributed by atoms with van der Waals surface area (Å²) in [5, 5.41) is 3.98. The normalized spacial score (nSPS) is 21.7. The molecule has 114 valence electrons. The van der Waals surface area contributed by atoms with Crippen LogP contribution in [0.4, 0.5) is 0 Å². The second-order valence-electron chi connectivity index (χ2n) is 5.15.